The van der Waals surface area contributed by atoms with E-state index < -0.39 is 11.9 Å². The van der Waals surface area contributed by atoms with Crippen molar-refractivity contribution in [2.24, 2.45) is 0 Å². The molecule has 0 saturated carbocycles. The Morgan fingerprint density at radius 3 is 2.61 bits per heavy atom. The number of carbonyl (C=O) groups is 2. The van der Waals surface area contributed by atoms with Gasteiger partial charge in [0.15, 0.2) is 0 Å². The van der Waals surface area contributed by atoms with E-state index in [-0.39, 0.29) is 17.7 Å². The zero-order chi connectivity index (χ0) is 17.0. The molecule has 23 heavy (non-hydrogen) atoms. The highest BCUT2D eigenvalue weighted by Crippen LogP contribution is 2.16. The number of nitrogens with zero attached hydrogens (tertiary/aromatic N) is 2. The third-order valence-electron chi connectivity index (χ3n) is 3.24. The van der Waals surface area contributed by atoms with Crippen LogP contribution in [0.4, 0.5) is 5.69 Å². The van der Waals surface area contributed by atoms with Crippen molar-refractivity contribution in [3.63, 3.8) is 0 Å². The molecule has 0 atom stereocenters. The number of methoxy groups -OCH3 is 1. The maximum atomic E-state index is 12.2. The number of esters is 1. The molecule has 0 aliphatic carbocycles. The number of benzene rings is 1. The van der Waals surface area contributed by atoms with E-state index in [1.165, 1.54) is 17.7 Å². The Morgan fingerprint density at radius 2 is 1.96 bits per heavy atom. The van der Waals surface area contributed by atoms with E-state index in [1.807, 2.05) is 0 Å². The molecule has 0 fully saturated rings. The van der Waals surface area contributed by atoms with E-state index >= 15 is 0 Å². The van der Waals surface area contributed by atoms with Crippen molar-refractivity contribution < 1.29 is 14.3 Å². The summed E-state index contributed by atoms with van der Waals surface area (Å²) < 4.78 is 5.94. The molecule has 0 unspecified atom stereocenters. The second kappa shape index (κ2) is 6.87. The smallest absolute Gasteiger partial charge is 0.339 e. The molecule has 1 heterocycles. The lowest BCUT2D eigenvalue weighted by atomic mass is 10.2. The summed E-state index contributed by atoms with van der Waals surface area (Å²) in [5.41, 5.74) is 0.871. The molecular weight excluding hydrogens is 298 g/mol. The second-order valence-corrected chi connectivity index (χ2v) is 4.95. The Hall–Kier alpha value is -2.96. The monoisotopic (exact) mass is 315 g/mol. The van der Waals surface area contributed by atoms with Gasteiger partial charge in [-0.05, 0) is 26.0 Å². The molecule has 1 amide bonds. The molecule has 0 bridgehead atoms. The van der Waals surface area contributed by atoms with Crippen LogP contribution in [0, 0.1) is 13.8 Å². The fourth-order valence-corrected chi connectivity index (χ4v) is 2.17. The third kappa shape index (κ3) is 3.82. The predicted molar refractivity (Wildman–Crippen MR) is 84.4 cm³/mol. The molecule has 0 aliphatic heterocycles. The summed E-state index contributed by atoms with van der Waals surface area (Å²) in [5, 5.41) is 2.62. The average Bonchev–Trinajstić information content (AvgIpc) is 2.50. The lowest BCUT2D eigenvalue weighted by Crippen LogP contribution is -2.30. The number of anilines is 1. The van der Waals surface area contributed by atoms with E-state index in [9.17, 15) is 14.4 Å². The Morgan fingerprint density at radius 1 is 1.26 bits per heavy atom. The maximum absolute atomic E-state index is 12.2. The van der Waals surface area contributed by atoms with Crippen molar-refractivity contribution in [3.05, 3.63) is 57.8 Å². The van der Waals surface area contributed by atoms with E-state index in [0.29, 0.717) is 17.2 Å². The van der Waals surface area contributed by atoms with Crippen LogP contribution in [-0.4, -0.2) is 28.5 Å². The molecule has 0 radical (unpaired) electrons. The highest BCUT2D eigenvalue weighted by Gasteiger charge is 2.14. The Balaban J connectivity index is 2.22. The number of amides is 1. The summed E-state index contributed by atoms with van der Waals surface area (Å²) in [6.45, 7) is 3.18. The molecule has 7 heteroatoms. The minimum Gasteiger partial charge on any atom is -0.465 e. The van der Waals surface area contributed by atoms with Crippen LogP contribution in [-0.2, 0) is 16.1 Å². The first-order valence-corrected chi connectivity index (χ1v) is 6.94. The van der Waals surface area contributed by atoms with Crippen molar-refractivity contribution in [3.8, 4) is 0 Å². The topological polar surface area (TPSA) is 90.3 Å². The molecule has 1 aromatic carbocycles. The van der Waals surface area contributed by atoms with Gasteiger partial charge in [-0.15, -0.1) is 0 Å². The van der Waals surface area contributed by atoms with Crippen molar-refractivity contribution in [1.82, 2.24) is 9.55 Å². The van der Waals surface area contributed by atoms with Crippen LogP contribution < -0.4 is 10.9 Å². The van der Waals surface area contributed by atoms with Gasteiger partial charge in [-0.1, -0.05) is 12.1 Å². The lowest BCUT2D eigenvalue weighted by molar-refractivity contribution is -0.116. The standard InChI is InChI=1S/C16H17N3O4/c1-10-8-15(21)19(11(2)17-10)9-14(20)18-13-7-5-4-6-12(13)16(22)23-3/h4-8H,9H2,1-3H3,(H,18,20). The molecule has 0 saturated heterocycles. The molecule has 2 rings (SSSR count). The normalized spacial score (nSPS) is 10.2. The van der Waals surface area contributed by atoms with Gasteiger partial charge in [-0.3, -0.25) is 14.2 Å². The zero-order valence-electron chi connectivity index (χ0n) is 13.1. The van der Waals surface area contributed by atoms with Crippen molar-refractivity contribution in [2.75, 3.05) is 12.4 Å². The summed E-state index contributed by atoms with van der Waals surface area (Å²) in [6.07, 6.45) is 0. The van der Waals surface area contributed by atoms with Gasteiger partial charge in [-0.2, -0.15) is 0 Å². The van der Waals surface area contributed by atoms with Gasteiger partial charge in [0.1, 0.15) is 12.4 Å². The first-order valence-electron chi connectivity index (χ1n) is 6.94. The maximum Gasteiger partial charge on any atom is 0.339 e. The molecule has 7 nitrogen and oxygen atoms in total. The second-order valence-electron chi connectivity index (χ2n) is 4.95. The number of para-hydroxylation sites is 1. The van der Waals surface area contributed by atoms with Gasteiger partial charge in [-0.25, -0.2) is 9.78 Å². The van der Waals surface area contributed by atoms with Crippen LogP contribution >= 0.6 is 0 Å². The summed E-state index contributed by atoms with van der Waals surface area (Å²) >= 11 is 0. The Bertz CT molecular complexity index is 811. The van der Waals surface area contributed by atoms with Gasteiger partial charge in [0, 0.05) is 11.8 Å². The molecule has 120 valence electrons. The summed E-state index contributed by atoms with van der Waals surface area (Å²) in [6, 6.07) is 7.86. The summed E-state index contributed by atoms with van der Waals surface area (Å²) in [4.78, 5) is 40.0. The highest BCUT2D eigenvalue weighted by atomic mass is 16.5. The molecule has 1 aromatic heterocycles. The first-order chi connectivity index (χ1) is 10.9. The average molecular weight is 315 g/mol. The van der Waals surface area contributed by atoms with E-state index in [1.54, 1.807) is 38.1 Å². The van der Waals surface area contributed by atoms with Crippen LogP contribution in [0.3, 0.4) is 0 Å². The number of hydrogen-bond acceptors (Lipinski definition) is 5. The highest BCUT2D eigenvalue weighted by molar-refractivity contribution is 6.01. The van der Waals surface area contributed by atoms with E-state index in [4.69, 9.17) is 0 Å². The number of carbonyl (C=O) groups excluding carboxylic acids is 2. The quantitative estimate of drug-likeness (QED) is 0.859. The Labute approximate surface area is 132 Å². The van der Waals surface area contributed by atoms with Gasteiger partial charge < -0.3 is 10.1 Å². The molecule has 1 N–H and O–H groups in total. The lowest BCUT2D eigenvalue weighted by Gasteiger charge is -2.12. The number of rotatable bonds is 4. The zero-order valence-corrected chi connectivity index (χ0v) is 13.1. The number of ether oxygens (including phenoxy) is 1. The summed E-state index contributed by atoms with van der Waals surface area (Å²) in [7, 11) is 1.27. The molecular formula is C16H17N3O4. The SMILES string of the molecule is COC(=O)c1ccccc1NC(=O)Cn1c(C)nc(C)cc1=O. The van der Waals surface area contributed by atoms with Crippen LogP contribution in [0.5, 0.6) is 0 Å². The minimum atomic E-state index is -0.550. The minimum absolute atomic E-state index is 0.187. The van der Waals surface area contributed by atoms with Gasteiger partial charge in [0.05, 0.1) is 18.4 Å². The number of aryl methyl sites for hydroxylation is 2. The molecule has 0 spiro atoms. The van der Waals surface area contributed by atoms with E-state index in [2.05, 4.69) is 15.0 Å². The number of nitrogens with one attached hydrogen (secondary N) is 1. The van der Waals surface area contributed by atoms with Gasteiger partial charge >= 0.3 is 5.97 Å². The number of hydrogen-bond donors (Lipinski definition) is 1. The van der Waals surface area contributed by atoms with E-state index in [0.717, 1.165) is 0 Å². The number of aromatic nitrogens is 2. The van der Waals surface area contributed by atoms with Crippen LogP contribution in [0.15, 0.2) is 35.1 Å². The summed E-state index contributed by atoms with van der Waals surface area (Å²) in [5.74, 6) is -0.533. The fourth-order valence-electron chi connectivity index (χ4n) is 2.17. The first kappa shape index (κ1) is 16.4. The van der Waals surface area contributed by atoms with Crippen molar-refractivity contribution >= 4 is 17.6 Å². The Kier molecular flexibility index (Phi) is 4.90. The van der Waals surface area contributed by atoms with Gasteiger partial charge in [0.2, 0.25) is 5.91 Å². The molecule has 2 aromatic rings. The molecule has 0 aliphatic rings. The van der Waals surface area contributed by atoms with Crippen LogP contribution in [0.1, 0.15) is 21.9 Å². The predicted octanol–water partition coefficient (Wildman–Crippen LogP) is 1.29. The van der Waals surface area contributed by atoms with Crippen LogP contribution in [0.25, 0.3) is 0 Å². The third-order valence-corrected chi connectivity index (χ3v) is 3.24. The largest absolute Gasteiger partial charge is 0.465 e. The van der Waals surface area contributed by atoms with Crippen molar-refractivity contribution in [1.29, 1.82) is 0 Å². The van der Waals surface area contributed by atoms with Crippen LogP contribution in [0.2, 0.25) is 0 Å². The van der Waals surface area contributed by atoms with Crippen molar-refractivity contribution in [2.45, 2.75) is 20.4 Å². The van der Waals surface area contributed by atoms with Gasteiger partial charge in [0.25, 0.3) is 5.56 Å². The fraction of sp³-hybridized carbons (Fsp3) is 0.250.